The van der Waals surface area contributed by atoms with Gasteiger partial charge >= 0.3 is 5.97 Å². The highest BCUT2D eigenvalue weighted by atomic mass is 16.7. The molecule has 10 heteroatoms. The lowest BCUT2D eigenvalue weighted by Crippen LogP contribution is -2.78. The summed E-state index contributed by atoms with van der Waals surface area (Å²) in [4.78, 5) is 13.8. The third-order valence-corrected chi connectivity index (χ3v) is 11.8. The zero-order chi connectivity index (χ0) is 26.1. The van der Waals surface area contributed by atoms with Gasteiger partial charge in [-0.25, -0.2) is 0 Å². The molecule has 0 radical (unpaired) electrons. The van der Waals surface area contributed by atoms with Crippen molar-refractivity contribution < 1.29 is 49.6 Å². The first-order chi connectivity index (χ1) is 16.8. The summed E-state index contributed by atoms with van der Waals surface area (Å²) in [7, 11) is 0. The second kappa shape index (κ2) is 7.63. The van der Waals surface area contributed by atoms with Gasteiger partial charge in [0.15, 0.2) is 0 Å². The topological polar surface area (TPSA) is 166 Å². The fourth-order valence-electron chi connectivity index (χ4n) is 9.94. The highest BCUT2D eigenvalue weighted by Gasteiger charge is 2.84. The summed E-state index contributed by atoms with van der Waals surface area (Å²) in [6.45, 7) is 5.20. The number of carbonyl (C=O) groups excluding carboxylic acids is 1. The van der Waals surface area contributed by atoms with E-state index in [0.29, 0.717) is 44.9 Å². The van der Waals surface area contributed by atoms with Gasteiger partial charge in [0.1, 0.15) is 30.0 Å². The van der Waals surface area contributed by atoms with Gasteiger partial charge < -0.3 is 44.8 Å². The molecule has 7 aliphatic rings. The minimum Gasteiger partial charge on any atom is -0.432 e. The van der Waals surface area contributed by atoms with Gasteiger partial charge in [-0.05, 0) is 64.2 Å². The summed E-state index contributed by atoms with van der Waals surface area (Å²) >= 11 is 0. The molecule has 4 saturated carbocycles. The minimum atomic E-state index is -1.67. The second-order valence-electron chi connectivity index (χ2n) is 13.1. The van der Waals surface area contributed by atoms with E-state index in [9.17, 15) is 35.4 Å². The Kier molecular flexibility index (Phi) is 5.39. The van der Waals surface area contributed by atoms with Crippen LogP contribution in [0.3, 0.4) is 0 Å². The van der Waals surface area contributed by atoms with Crippen LogP contribution >= 0.6 is 0 Å². The molecular formula is C26H40O10. The Hall–Kier alpha value is -0.850. The molecule has 4 aliphatic carbocycles. The molecule has 36 heavy (non-hydrogen) atoms. The maximum absolute atomic E-state index is 13.8. The van der Waals surface area contributed by atoms with Gasteiger partial charge in [0.25, 0.3) is 0 Å². The fourth-order valence-corrected chi connectivity index (χ4v) is 9.94. The van der Waals surface area contributed by atoms with Gasteiger partial charge in [0.2, 0.25) is 6.29 Å². The summed E-state index contributed by atoms with van der Waals surface area (Å²) in [5.41, 5.74) is -4.33. The average molecular weight is 513 g/mol. The number of aliphatic hydroxyl groups excluding tert-OH is 5. The van der Waals surface area contributed by atoms with Crippen LogP contribution in [0.4, 0.5) is 0 Å². The van der Waals surface area contributed by atoms with E-state index in [0.717, 1.165) is 0 Å². The Morgan fingerprint density at radius 2 is 1.75 bits per heavy atom. The van der Waals surface area contributed by atoms with Crippen LogP contribution in [0.25, 0.3) is 0 Å². The van der Waals surface area contributed by atoms with Crippen molar-refractivity contribution in [2.45, 2.75) is 120 Å². The number of hydrogen-bond acceptors (Lipinski definition) is 10. The molecule has 14 atom stereocenters. The maximum Gasteiger partial charge on any atom is 0.314 e. The van der Waals surface area contributed by atoms with Crippen molar-refractivity contribution in [3.05, 3.63) is 0 Å². The molecule has 7 fully saturated rings. The molecule has 0 aromatic heterocycles. The van der Waals surface area contributed by atoms with E-state index >= 15 is 0 Å². The summed E-state index contributed by atoms with van der Waals surface area (Å²) in [6, 6.07) is 0. The van der Waals surface area contributed by atoms with Crippen molar-refractivity contribution in [2.75, 3.05) is 6.61 Å². The van der Waals surface area contributed by atoms with Gasteiger partial charge in [-0.2, -0.15) is 0 Å². The van der Waals surface area contributed by atoms with Gasteiger partial charge in [-0.3, -0.25) is 4.79 Å². The van der Waals surface area contributed by atoms with Crippen molar-refractivity contribution in [2.24, 2.45) is 28.1 Å². The van der Waals surface area contributed by atoms with Gasteiger partial charge in [0.05, 0.1) is 29.8 Å². The Morgan fingerprint density at radius 1 is 1.03 bits per heavy atom. The van der Waals surface area contributed by atoms with E-state index in [-0.39, 0.29) is 11.8 Å². The molecule has 204 valence electrons. The minimum absolute atomic E-state index is 0.212. The lowest BCUT2D eigenvalue weighted by Gasteiger charge is -2.70. The molecule has 0 aromatic rings. The van der Waals surface area contributed by atoms with Gasteiger partial charge in [0, 0.05) is 10.8 Å². The van der Waals surface area contributed by atoms with Crippen LogP contribution in [0.15, 0.2) is 0 Å². The highest BCUT2D eigenvalue weighted by molar-refractivity contribution is 5.77. The molecule has 0 amide bonds. The zero-order valence-electron chi connectivity index (χ0n) is 21.2. The van der Waals surface area contributed by atoms with Crippen LogP contribution in [0.5, 0.6) is 0 Å². The van der Waals surface area contributed by atoms with E-state index < -0.39 is 82.9 Å². The molecular weight excluding hydrogens is 472 g/mol. The highest BCUT2D eigenvalue weighted by Crippen LogP contribution is 2.78. The molecule has 4 bridgehead atoms. The van der Waals surface area contributed by atoms with Crippen molar-refractivity contribution in [1.82, 2.24) is 0 Å². The van der Waals surface area contributed by atoms with Crippen LogP contribution in [0.1, 0.15) is 65.7 Å². The average Bonchev–Trinajstić information content (AvgIpc) is 3.22. The molecule has 6 N–H and O–H groups in total. The first-order valence-corrected chi connectivity index (χ1v) is 13.4. The van der Waals surface area contributed by atoms with E-state index in [1.807, 2.05) is 20.8 Å². The summed E-state index contributed by atoms with van der Waals surface area (Å²) in [6.07, 6.45) is -4.26. The van der Waals surface area contributed by atoms with E-state index in [1.165, 1.54) is 0 Å². The molecule has 1 spiro atoms. The predicted molar refractivity (Wildman–Crippen MR) is 122 cm³/mol. The third-order valence-electron chi connectivity index (χ3n) is 11.8. The number of hydrogen-bond donors (Lipinski definition) is 6. The fraction of sp³-hybridized carbons (Fsp3) is 0.962. The van der Waals surface area contributed by atoms with Crippen LogP contribution in [-0.4, -0.2) is 97.3 Å². The summed E-state index contributed by atoms with van der Waals surface area (Å²) < 4.78 is 17.5. The van der Waals surface area contributed by atoms with Crippen molar-refractivity contribution in [1.29, 1.82) is 0 Å². The maximum atomic E-state index is 13.8. The van der Waals surface area contributed by atoms with Crippen LogP contribution < -0.4 is 0 Å². The first-order valence-electron chi connectivity index (χ1n) is 13.4. The zero-order valence-corrected chi connectivity index (χ0v) is 21.2. The number of carbonyl (C=O) groups is 1. The smallest absolute Gasteiger partial charge is 0.314 e. The Labute approximate surface area is 210 Å². The Bertz CT molecular complexity index is 944. The van der Waals surface area contributed by atoms with Crippen molar-refractivity contribution in [3.63, 3.8) is 0 Å². The third kappa shape index (κ3) is 2.68. The van der Waals surface area contributed by atoms with Crippen molar-refractivity contribution >= 4 is 5.97 Å². The standard InChI is InChI=1S/C26H40O10/c1-22(21(32)35-19-18(30)17(29)16(28)13(11-27)34-19)6-4-7-23(2)14(22)5-8-25-10-12-9-15(26(23,25)33)36-24(12,3)20(25)31/h12-20,27-31,33H,4-11H2,1-3H3. The SMILES string of the molecule is CC1(C(=O)OC2OC(CO)C(O)C(O)C2O)CCCC2(C)C1CCC13CC4CC(OC4(C)C1O)C23O. The van der Waals surface area contributed by atoms with Crippen molar-refractivity contribution in [3.8, 4) is 0 Å². The lowest BCUT2D eigenvalue weighted by molar-refractivity contribution is -0.353. The summed E-state index contributed by atoms with van der Waals surface area (Å²) in [5.74, 6) is -0.669. The quantitative estimate of drug-likeness (QED) is 0.274. The predicted octanol–water partition coefficient (Wildman–Crippen LogP) is -0.404. The molecule has 3 aliphatic heterocycles. The Morgan fingerprint density at radius 3 is 2.42 bits per heavy atom. The number of fused-ring (bicyclic) bond motifs is 1. The van der Waals surface area contributed by atoms with Crippen LogP contribution in [0.2, 0.25) is 0 Å². The molecule has 0 aromatic carbocycles. The molecule has 3 heterocycles. The largest absolute Gasteiger partial charge is 0.432 e. The monoisotopic (exact) mass is 512 g/mol. The van der Waals surface area contributed by atoms with Crippen LogP contribution in [0, 0.1) is 28.1 Å². The Balaban J connectivity index is 1.31. The van der Waals surface area contributed by atoms with Gasteiger partial charge in [-0.1, -0.05) is 13.3 Å². The molecule has 10 nitrogen and oxygen atoms in total. The lowest BCUT2D eigenvalue weighted by atomic mass is 9.37. The number of esters is 1. The molecule has 7 rings (SSSR count). The normalized spacial score (nSPS) is 61.5. The van der Waals surface area contributed by atoms with Gasteiger partial charge in [-0.15, -0.1) is 0 Å². The first kappa shape index (κ1) is 25.4. The van der Waals surface area contributed by atoms with E-state index in [4.69, 9.17) is 14.2 Å². The molecule has 3 saturated heterocycles. The van der Waals surface area contributed by atoms with Crippen LogP contribution in [-0.2, 0) is 19.0 Å². The summed E-state index contributed by atoms with van der Waals surface area (Å²) in [5, 5.41) is 64.2. The number of rotatable bonds is 3. The number of aliphatic hydroxyl groups is 6. The van der Waals surface area contributed by atoms with E-state index in [2.05, 4.69) is 0 Å². The second-order valence-corrected chi connectivity index (χ2v) is 13.1. The molecule has 14 unspecified atom stereocenters. The number of ether oxygens (including phenoxy) is 3. The van der Waals surface area contributed by atoms with E-state index in [1.54, 1.807) is 0 Å².